The molecule has 0 spiro atoms. The van der Waals surface area contributed by atoms with E-state index in [0.29, 0.717) is 0 Å². The molecule has 0 amide bonds. The zero-order valence-electron chi connectivity index (χ0n) is 1.21. The largest absolute Gasteiger partial charge is 0.316 e. The fourth-order valence-corrected chi connectivity index (χ4v) is 0. The molecule has 0 aliphatic carbocycles. The van der Waals surface area contributed by atoms with Gasteiger partial charge in [0.25, 0.3) is 0 Å². The predicted molar refractivity (Wildman–Crippen MR) is 18.5 cm³/mol. The minimum atomic E-state index is 0. The van der Waals surface area contributed by atoms with E-state index < -0.39 is 0 Å². The van der Waals surface area contributed by atoms with Crippen LogP contribution in [0.3, 0.4) is 0 Å². The molecule has 0 N–H and O–H groups in total. The van der Waals surface area contributed by atoms with Crippen LogP contribution in [0.5, 0.6) is 0 Å². The van der Waals surface area contributed by atoms with Crippen LogP contribution >= 0.6 is 0 Å². The minimum Gasteiger partial charge on any atom is 0 e. The van der Waals surface area contributed by atoms with Crippen LogP contribution in [0, 0.1) is 0 Å². The zero-order chi connectivity index (χ0) is 0. The van der Waals surface area contributed by atoms with Crippen molar-refractivity contribution < 1.29 is 41.2 Å². The summed E-state index contributed by atoms with van der Waals surface area (Å²) >= 11 is 0. The normalized spacial score (nSPS) is 0. The second kappa shape index (κ2) is 16.7. The summed E-state index contributed by atoms with van der Waals surface area (Å²) in [5.41, 5.74) is 0. The second-order valence-corrected chi connectivity index (χ2v) is 0. The fourth-order valence-electron chi connectivity index (χ4n) is 0. The maximum absolute atomic E-state index is 0. The summed E-state index contributed by atoms with van der Waals surface area (Å²) < 4.78 is 0. The van der Waals surface area contributed by atoms with Crippen LogP contribution in [0.1, 0.15) is 0 Å². The Morgan fingerprint density at radius 2 is 1.00 bits per heavy atom. The molecule has 0 radical (unpaired) electrons. The summed E-state index contributed by atoms with van der Waals surface area (Å²) in [5, 5.41) is 0. The van der Waals surface area contributed by atoms with Crippen molar-refractivity contribution in [3.8, 4) is 0 Å². The van der Waals surface area contributed by atoms with Crippen LogP contribution in [0.4, 0.5) is 0 Å². The molecule has 0 rings (SSSR count). The van der Waals surface area contributed by atoms with Gasteiger partial charge in [-0.15, -0.1) is 0 Å². The van der Waals surface area contributed by atoms with Crippen molar-refractivity contribution in [2.75, 3.05) is 0 Å². The first kappa shape index (κ1) is 28.1. The molecule has 4 heavy (non-hydrogen) atoms. The minimum absolute atomic E-state index is 0. The van der Waals surface area contributed by atoms with Gasteiger partial charge in [-0.25, -0.2) is 0 Å². The number of rotatable bonds is 0. The van der Waals surface area contributed by atoms with Gasteiger partial charge in [0.15, 0.2) is 0 Å². The summed E-state index contributed by atoms with van der Waals surface area (Å²) in [7, 11) is 0. The van der Waals surface area contributed by atoms with Gasteiger partial charge in [-0.3, -0.25) is 0 Å². The number of hydrogen-bond donors (Lipinski definition) is 0. The Bertz CT molecular complexity index is 8.00. The van der Waals surface area contributed by atoms with Crippen molar-refractivity contribution >= 4 is 48.9 Å². The van der Waals surface area contributed by atoms with Crippen LogP contribution in [-0.2, 0) is 41.2 Å². The van der Waals surface area contributed by atoms with Crippen molar-refractivity contribution in [1.29, 1.82) is 0 Å². The maximum Gasteiger partial charge on any atom is 0.316 e. The van der Waals surface area contributed by atoms with Gasteiger partial charge in [0.2, 0.25) is 0 Å². The Kier molecular flexibility index (Phi) is 118. The van der Waals surface area contributed by atoms with Crippen LogP contribution in [0.25, 0.3) is 0 Å². The van der Waals surface area contributed by atoms with Gasteiger partial charge in [-0.05, 0) is 0 Å². The van der Waals surface area contributed by atoms with E-state index in [1.807, 2.05) is 0 Å². The van der Waals surface area contributed by atoms with Crippen LogP contribution in [0.2, 0.25) is 0 Å². The van der Waals surface area contributed by atoms with Gasteiger partial charge >= 0.3 is 48.9 Å². The van der Waals surface area contributed by atoms with E-state index >= 15 is 0 Å². The molecular formula is H5InMgTiZn. The average Bonchev–Trinajstić information content (AvgIpc) is 0. The van der Waals surface area contributed by atoms with E-state index in [9.17, 15) is 0 Å². The Balaban J connectivity index is 0. The molecule has 0 bridgehead atoms. The predicted octanol–water partition coefficient (Wildman–Crippen LogP) is -2.11. The summed E-state index contributed by atoms with van der Waals surface area (Å²) in [4.78, 5) is 0. The van der Waals surface area contributed by atoms with Crippen molar-refractivity contribution in [3.05, 3.63) is 0 Å². The average molecular weight is 257 g/mol. The SMILES string of the molecule is [InH3].[MgH2].[Ti].[Zn]. The molecule has 0 aromatic carbocycles. The van der Waals surface area contributed by atoms with Gasteiger partial charge in [0, 0.05) is 41.2 Å². The Labute approximate surface area is 88.4 Å². The van der Waals surface area contributed by atoms with E-state index in [1.54, 1.807) is 0 Å². The van der Waals surface area contributed by atoms with Crippen LogP contribution in [-0.4, -0.2) is 48.9 Å². The van der Waals surface area contributed by atoms with Crippen LogP contribution < -0.4 is 0 Å². The summed E-state index contributed by atoms with van der Waals surface area (Å²) in [6.07, 6.45) is 0. The monoisotopic (exact) mass is 256 g/mol. The quantitative estimate of drug-likeness (QED) is 0.436. The van der Waals surface area contributed by atoms with E-state index in [1.165, 1.54) is 0 Å². The van der Waals surface area contributed by atoms with Crippen molar-refractivity contribution in [2.24, 2.45) is 0 Å². The molecule has 0 saturated heterocycles. The Hall–Kier alpha value is 2.97. The molecule has 0 aliphatic rings. The Morgan fingerprint density at radius 3 is 1.00 bits per heavy atom. The first-order valence-corrected chi connectivity index (χ1v) is 0. The molecule has 0 fully saturated rings. The summed E-state index contributed by atoms with van der Waals surface area (Å²) in [6, 6.07) is 0. The third-order valence-corrected chi connectivity index (χ3v) is 0. The van der Waals surface area contributed by atoms with E-state index in [-0.39, 0.29) is 90.1 Å². The zero-order valence-corrected chi connectivity index (χ0v) is 5.74. The molecule has 0 atom stereocenters. The van der Waals surface area contributed by atoms with Gasteiger partial charge in [0.1, 0.15) is 0 Å². The first-order valence-electron chi connectivity index (χ1n) is 0. The molecule has 16 valence electrons. The first-order chi connectivity index (χ1) is 0. The molecule has 0 aliphatic heterocycles. The third kappa shape index (κ3) is 8.88. The van der Waals surface area contributed by atoms with E-state index in [4.69, 9.17) is 0 Å². The fraction of sp³-hybridized carbons (Fsp3) is 0. The van der Waals surface area contributed by atoms with Crippen molar-refractivity contribution in [3.63, 3.8) is 0 Å². The van der Waals surface area contributed by atoms with Gasteiger partial charge in [-0.2, -0.15) is 0 Å². The third-order valence-electron chi connectivity index (χ3n) is 0. The van der Waals surface area contributed by atoms with Crippen molar-refractivity contribution in [2.45, 2.75) is 0 Å². The van der Waals surface area contributed by atoms with E-state index in [2.05, 4.69) is 0 Å². The summed E-state index contributed by atoms with van der Waals surface area (Å²) in [6.45, 7) is 0. The molecule has 0 heterocycles. The molecule has 0 nitrogen and oxygen atoms in total. The molecule has 0 saturated carbocycles. The standard InChI is InChI=1S/In.Mg.Ti.Zn.5H. The maximum atomic E-state index is 0. The Morgan fingerprint density at radius 1 is 1.00 bits per heavy atom. The van der Waals surface area contributed by atoms with Crippen molar-refractivity contribution in [1.82, 2.24) is 0 Å². The van der Waals surface area contributed by atoms with E-state index in [0.717, 1.165) is 0 Å². The molecular weight excluding hydrogens is 252 g/mol. The smallest absolute Gasteiger partial charge is 0 e. The number of hydrogen-bond acceptors (Lipinski definition) is 0. The topological polar surface area (TPSA) is 0 Å². The van der Waals surface area contributed by atoms with Gasteiger partial charge in [-0.1, -0.05) is 0 Å². The molecule has 0 aromatic heterocycles. The van der Waals surface area contributed by atoms with Gasteiger partial charge < -0.3 is 0 Å². The molecule has 0 aromatic rings. The summed E-state index contributed by atoms with van der Waals surface area (Å²) in [5.74, 6) is 0. The molecule has 0 unspecified atom stereocenters. The van der Waals surface area contributed by atoms with Gasteiger partial charge in [0.05, 0.1) is 0 Å². The second-order valence-electron chi connectivity index (χ2n) is 0. The molecule has 4 heteroatoms. The van der Waals surface area contributed by atoms with Crippen LogP contribution in [0.15, 0.2) is 0 Å².